The molecule has 2 bridgehead atoms. The van der Waals surface area contributed by atoms with Crippen molar-refractivity contribution in [3.05, 3.63) is 0 Å². The summed E-state index contributed by atoms with van der Waals surface area (Å²) < 4.78 is 58.2. The van der Waals surface area contributed by atoms with Crippen LogP contribution in [0.1, 0.15) is 19.3 Å². The van der Waals surface area contributed by atoms with Gasteiger partial charge in [0.2, 0.25) is 0 Å². The first kappa shape index (κ1) is 9.36. The molecule has 0 aliphatic heterocycles. The number of sulfone groups is 1. The van der Waals surface area contributed by atoms with Gasteiger partial charge in [0.1, 0.15) is 0 Å². The molecule has 0 saturated heterocycles. The Labute approximate surface area is 74.5 Å². The Morgan fingerprint density at radius 1 is 1.15 bits per heavy atom. The molecule has 0 unspecified atom stereocenters. The molecule has 76 valence electrons. The van der Waals surface area contributed by atoms with Gasteiger partial charge < -0.3 is 12.9 Å². The van der Waals surface area contributed by atoms with Crippen LogP contribution in [0.2, 0.25) is 5.31 Å². The van der Waals surface area contributed by atoms with Crippen LogP contribution >= 0.6 is 0 Å². The summed E-state index contributed by atoms with van der Waals surface area (Å²) in [4.78, 5) is 0. The van der Waals surface area contributed by atoms with Crippen molar-refractivity contribution in [3.8, 4) is 0 Å². The first-order chi connectivity index (χ1) is 5.62. The van der Waals surface area contributed by atoms with E-state index in [4.69, 9.17) is 0 Å². The lowest BCUT2D eigenvalue weighted by Gasteiger charge is -2.73. The van der Waals surface area contributed by atoms with E-state index in [9.17, 15) is 21.4 Å². The highest BCUT2D eigenvalue weighted by atomic mass is 32.2. The lowest BCUT2D eigenvalue weighted by molar-refractivity contribution is 0.0284. The molecule has 0 N–H and O–H groups in total. The fraction of sp³-hybridized carbons (Fsp3) is 1.00. The minimum absolute atomic E-state index is 0.192. The summed E-state index contributed by atoms with van der Waals surface area (Å²) in [6.07, 6.45) is 0.451. The molecular weight excluding hydrogens is 204 g/mol. The van der Waals surface area contributed by atoms with E-state index in [0.717, 1.165) is 6.26 Å². The van der Waals surface area contributed by atoms with Crippen molar-refractivity contribution in [3.63, 3.8) is 0 Å². The van der Waals surface area contributed by atoms with Gasteiger partial charge in [-0.2, -0.15) is 0 Å². The highest BCUT2D eigenvalue weighted by molar-refractivity contribution is 7.92. The summed E-state index contributed by atoms with van der Waals surface area (Å²) in [6, 6.07) is 0. The Morgan fingerprint density at radius 3 is 1.77 bits per heavy atom. The molecule has 2 nitrogen and oxygen atoms in total. The van der Waals surface area contributed by atoms with Crippen molar-refractivity contribution in [2.45, 2.75) is 29.3 Å². The second kappa shape index (κ2) is 1.92. The topological polar surface area (TPSA) is 34.1 Å². The Bertz CT molecular complexity index is 339. The zero-order valence-corrected chi connectivity index (χ0v) is 7.87. The van der Waals surface area contributed by atoms with E-state index in [0.29, 0.717) is 0 Å². The smallest absolute Gasteiger partial charge is 0.449 e. The van der Waals surface area contributed by atoms with E-state index in [1.807, 2.05) is 0 Å². The molecule has 7 heteroatoms. The molecule has 0 aromatic carbocycles. The van der Waals surface area contributed by atoms with Gasteiger partial charge in [0.05, 0.1) is 4.75 Å². The number of hydrogen-bond donors (Lipinski definition) is 0. The van der Waals surface area contributed by atoms with Gasteiger partial charge in [0, 0.05) is 6.26 Å². The normalized spacial score (nSPS) is 43.7. The SMILES string of the molecule is CS(=O)(=O)C12CC([B-](F)(F)F)(C1)C2. The van der Waals surface area contributed by atoms with Crippen LogP contribution in [-0.4, -0.2) is 26.4 Å². The molecule has 0 heterocycles. The number of rotatable bonds is 2. The molecule has 0 aromatic heterocycles. The summed E-state index contributed by atoms with van der Waals surface area (Å²) >= 11 is 0. The third kappa shape index (κ3) is 0.885. The van der Waals surface area contributed by atoms with Crippen molar-refractivity contribution in [2.24, 2.45) is 0 Å². The van der Waals surface area contributed by atoms with E-state index >= 15 is 0 Å². The molecule has 0 radical (unpaired) electrons. The van der Waals surface area contributed by atoms with Crippen LogP contribution in [0.4, 0.5) is 12.9 Å². The molecule has 3 fully saturated rings. The fourth-order valence-electron chi connectivity index (χ4n) is 2.51. The maximum atomic E-state index is 12.3. The van der Waals surface area contributed by atoms with Crippen LogP contribution in [0.5, 0.6) is 0 Å². The molecule has 0 aromatic rings. The molecular formula is C6H9BF3O2S-. The lowest BCUT2D eigenvalue weighted by atomic mass is 9.30. The Morgan fingerprint density at radius 2 is 1.54 bits per heavy atom. The zero-order valence-electron chi connectivity index (χ0n) is 7.06. The average molecular weight is 213 g/mol. The minimum Gasteiger partial charge on any atom is -0.449 e. The number of hydrogen-bond acceptors (Lipinski definition) is 2. The van der Waals surface area contributed by atoms with Gasteiger partial charge >= 0.3 is 6.98 Å². The summed E-state index contributed by atoms with van der Waals surface area (Å²) in [5.74, 6) is 0. The average Bonchev–Trinajstić information content (AvgIpc) is 1.41. The Hall–Kier alpha value is -0.195. The van der Waals surface area contributed by atoms with E-state index in [1.54, 1.807) is 0 Å². The second-order valence-corrected chi connectivity index (χ2v) is 6.83. The van der Waals surface area contributed by atoms with Gasteiger partial charge in [-0.05, 0) is 0 Å². The van der Waals surface area contributed by atoms with E-state index < -0.39 is 26.9 Å². The summed E-state index contributed by atoms with van der Waals surface area (Å²) in [5, 5.41) is -1.59. The molecule has 3 aliphatic carbocycles. The van der Waals surface area contributed by atoms with Gasteiger partial charge in [-0.3, -0.25) is 0 Å². The minimum atomic E-state index is -4.85. The first-order valence-corrected chi connectivity index (χ1v) is 5.90. The van der Waals surface area contributed by atoms with Gasteiger partial charge in [-0.15, -0.1) is 0 Å². The predicted molar refractivity (Wildman–Crippen MR) is 43.2 cm³/mol. The van der Waals surface area contributed by atoms with Gasteiger partial charge in [0.15, 0.2) is 9.84 Å². The predicted octanol–water partition coefficient (Wildman–Crippen LogP) is 1.56. The van der Waals surface area contributed by atoms with Crippen molar-refractivity contribution < 1.29 is 21.4 Å². The molecule has 3 rings (SSSR count). The first-order valence-electron chi connectivity index (χ1n) is 4.01. The fourth-order valence-corrected chi connectivity index (χ4v) is 4.16. The van der Waals surface area contributed by atoms with Crippen molar-refractivity contribution in [1.29, 1.82) is 0 Å². The maximum Gasteiger partial charge on any atom is 0.484 e. The Kier molecular flexibility index (Phi) is 1.38. The summed E-state index contributed by atoms with van der Waals surface area (Å²) in [5.41, 5.74) is 0. The molecule has 0 amide bonds. The van der Waals surface area contributed by atoms with Crippen LogP contribution in [0, 0.1) is 0 Å². The molecule has 13 heavy (non-hydrogen) atoms. The maximum absolute atomic E-state index is 12.3. The van der Waals surface area contributed by atoms with Crippen molar-refractivity contribution in [1.82, 2.24) is 0 Å². The van der Waals surface area contributed by atoms with Crippen molar-refractivity contribution >= 4 is 16.8 Å². The highest BCUT2D eigenvalue weighted by Gasteiger charge is 2.77. The molecule has 3 aliphatic rings. The van der Waals surface area contributed by atoms with E-state index in [-0.39, 0.29) is 19.3 Å². The molecule has 0 spiro atoms. The summed E-state index contributed by atoms with van der Waals surface area (Å²) in [6.45, 7) is -4.85. The molecule has 0 atom stereocenters. The van der Waals surface area contributed by atoms with E-state index in [1.165, 1.54) is 0 Å². The van der Waals surface area contributed by atoms with Gasteiger partial charge in [-0.25, -0.2) is 8.42 Å². The lowest BCUT2D eigenvalue weighted by Crippen LogP contribution is -2.72. The van der Waals surface area contributed by atoms with Crippen LogP contribution in [0.15, 0.2) is 0 Å². The van der Waals surface area contributed by atoms with Gasteiger partial charge in [-0.1, -0.05) is 24.6 Å². The third-order valence-electron chi connectivity index (χ3n) is 3.50. The van der Waals surface area contributed by atoms with Crippen LogP contribution < -0.4 is 0 Å². The Balaban J connectivity index is 2.18. The number of halogens is 3. The van der Waals surface area contributed by atoms with Crippen LogP contribution in [0.3, 0.4) is 0 Å². The largest absolute Gasteiger partial charge is 0.484 e. The third-order valence-corrected chi connectivity index (χ3v) is 5.51. The van der Waals surface area contributed by atoms with Crippen molar-refractivity contribution in [2.75, 3.05) is 6.26 Å². The highest BCUT2D eigenvalue weighted by Crippen LogP contribution is 2.80. The molecule has 3 saturated carbocycles. The van der Waals surface area contributed by atoms with Crippen LogP contribution in [-0.2, 0) is 9.84 Å². The standard InChI is InChI=1S/C6H9BF3O2S/c1-13(11,12)6-2-5(3-6,4-6)7(8,9)10/h2-4H2,1H3/q-1. The summed E-state index contributed by atoms with van der Waals surface area (Å²) in [7, 11) is -3.29. The monoisotopic (exact) mass is 213 g/mol. The quantitative estimate of drug-likeness (QED) is 0.652. The second-order valence-electron chi connectivity index (χ2n) is 4.42. The van der Waals surface area contributed by atoms with E-state index in [2.05, 4.69) is 0 Å². The van der Waals surface area contributed by atoms with Crippen LogP contribution in [0.25, 0.3) is 0 Å². The zero-order chi connectivity index (χ0) is 10.1. The van der Waals surface area contributed by atoms with Gasteiger partial charge in [0.25, 0.3) is 0 Å².